The number of carbonyl (C=O) groups is 1. The summed E-state index contributed by atoms with van der Waals surface area (Å²) in [5.74, 6) is 1.01. The topological polar surface area (TPSA) is 39.4 Å². The molecule has 0 radical (unpaired) electrons. The minimum Gasteiger partial charge on any atom is -0.456 e. The van der Waals surface area contributed by atoms with Crippen molar-refractivity contribution in [3.63, 3.8) is 0 Å². The van der Waals surface area contributed by atoms with Gasteiger partial charge < -0.3 is 9.15 Å². The van der Waals surface area contributed by atoms with E-state index >= 15 is 0 Å². The van der Waals surface area contributed by atoms with Crippen molar-refractivity contribution in [3.8, 4) is 0 Å². The lowest BCUT2D eigenvalue weighted by Crippen LogP contribution is -1.94. The van der Waals surface area contributed by atoms with Gasteiger partial charge in [0, 0.05) is 0 Å². The van der Waals surface area contributed by atoms with Gasteiger partial charge in [0.1, 0.15) is 12.4 Å². The van der Waals surface area contributed by atoms with Gasteiger partial charge in [0.2, 0.25) is 0 Å². The smallest absolute Gasteiger partial charge is 0.185 e. The molecule has 3 nitrogen and oxygen atoms in total. The first kappa shape index (κ1) is 10.7. The van der Waals surface area contributed by atoms with Crippen molar-refractivity contribution < 1.29 is 13.9 Å². The quantitative estimate of drug-likeness (QED) is 0.397. The summed E-state index contributed by atoms with van der Waals surface area (Å²) in [4.78, 5) is 10.3. The van der Waals surface area contributed by atoms with Crippen LogP contribution in [0.15, 0.2) is 28.7 Å². The monoisotopic (exact) mass is 194 g/mol. The second-order valence-electron chi connectivity index (χ2n) is 3.18. The van der Waals surface area contributed by atoms with Gasteiger partial charge in [-0.1, -0.05) is 5.57 Å². The molecule has 0 aliphatic heterocycles. The second kappa shape index (κ2) is 5.40. The highest BCUT2D eigenvalue weighted by atomic mass is 16.5. The summed E-state index contributed by atoms with van der Waals surface area (Å²) in [6.45, 7) is 6.76. The van der Waals surface area contributed by atoms with E-state index in [1.807, 2.05) is 6.92 Å². The minimum atomic E-state index is 0.337. The van der Waals surface area contributed by atoms with E-state index in [1.54, 1.807) is 12.1 Å². The van der Waals surface area contributed by atoms with Crippen LogP contribution < -0.4 is 0 Å². The molecule has 0 N–H and O–H groups in total. The molecule has 0 saturated heterocycles. The lowest BCUT2D eigenvalue weighted by Gasteiger charge is -2.00. The van der Waals surface area contributed by atoms with Crippen LogP contribution in [-0.2, 0) is 11.3 Å². The van der Waals surface area contributed by atoms with Crippen molar-refractivity contribution >= 4 is 6.29 Å². The molecule has 0 aliphatic carbocycles. The highest BCUT2D eigenvalue weighted by Crippen LogP contribution is 2.07. The molecule has 0 aromatic carbocycles. The average Bonchev–Trinajstić information content (AvgIpc) is 2.60. The van der Waals surface area contributed by atoms with Crippen LogP contribution in [-0.4, -0.2) is 12.9 Å². The van der Waals surface area contributed by atoms with E-state index in [2.05, 4.69) is 6.58 Å². The molecule has 1 rings (SSSR count). The molecule has 76 valence electrons. The molecule has 0 atom stereocenters. The van der Waals surface area contributed by atoms with E-state index in [4.69, 9.17) is 9.15 Å². The zero-order valence-electron chi connectivity index (χ0n) is 8.29. The Labute approximate surface area is 83.4 Å². The molecule has 1 heterocycles. The van der Waals surface area contributed by atoms with Crippen LogP contribution in [0.3, 0.4) is 0 Å². The van der Waals surface area contributed by atoms with Crippen LogP contribution in [0.4, 0.5) is 0 Å². The van der Waals surface area contributed by atoms with E-state index in [1.165, 1.54) is 0 Å². The van der Waals surface area contributed by atoms with Crippen molar-refractivity contribution in [3.05, 3.63) is 35.8 Å². The average molecular weight is 194 g/mol. The maximum atomic E-state index is 10.3. The zero-order chi connectivity index (χ0) is 10.4. The van der Waals surface area contributed by atoms with Gasteiger partial charge in [0.15, 0.2) is 12.0 Å². The second-order valence-corrected chi connectivity index (χ2v) is 3.18. The Morgan fingerprint density at radius 2 is 2.43 bits per heavy atom. The van der Waals surface area contributed by atoms with Crippen LogP contribution in [0.2, 0.25) is 0 Å². The first-order valence-electron chi connectivity index (χ1n) is 4.48. The molecular formula is C11H14O3. The number of furan rings is 1. The number of hydrogen-bond donors (Lipinski definition) is 0. The fourth-order valence-corrected chi connectivity index (χ4v) is 0.955. The molecule has 1 aromatic rings. The molecule has 0 aliphatic rings. The number of ether oxygens (including phenoxy) is 1. The van der Waals surface area contributed by atoms with Crippen molar-refractivity contribution in [2.75, 3.05) is 6.61 Å². The number of hydrogen-bond acceptors (Lipinski definition) is 3. The highest BCUT2D eigenvalue weighted by molar-refractivity contribution is 5.70. The molecule has 0 bridgehead atoms. The lowest BCUT2D eigenvalue weighted by molar-refractivity contribution is 0.103. The van der Waals surface area contributed by atoms with Crippen LogP contribution in [0.5, 0.6) is 0 Å². The predicted octanol–water partition coefficient (Wildman–Crippen LogP) is 2.57. The zero-order valence-corrected chi connectivity index (χ0v) is 8.29. The highest BCUT2D eigenvalue weighted by Gasteiger charge is 2.00. The summed E-state index contributed by atoms with van der Waals surface area (Å²) in [5.41, 5.74) is 1.10. The number of aldehydes is 1. The van der Waals surface area contributed by atoms with E-state index < -0.39 is 0 Å². The van der Waals surface area contributed by atoms with Gasteiger partial charge in [-0.3, -0.25) is 4.79 Å². The summed E-state index contributed by atoms with van der Waals surface area (Å²) in [6.07, 6.45) is 1.53. The summed E-state index contributed by atoms with van der Waals surface area (Å²) in [7, 11) is 0. The van der Waals surface area contributed by atoms with E-state index in [-0.39, 0.29) is 0 Å². The minimum absolute atomic E-state index is 0.337. The molecule has 1 aromatic heterocycles. The molecule has 0 unspecified atom stereocenters. The van der Waals surface area contributed by atoms with Gasteiger partial charge in [-0.2, -0.15) is 0 Å². The molecule has 0 fully saturated rings. The summed E-state index contributed by atoms with van der Waals surface area (Å²) < 4.78 is 10.4. The summed E-state index contributed by atoms with van der Waals surface area (Å²) in [5, 5.41) is 0. The molecule has 3 heteroatoms. The lowest BCUT2D eigenvalue weighted by atomic mass is 10.3. The van der Waals surface area contributed by atoms with E-state index in [0.29, 0.717) is 31.0 Å². The Kier molecular flexibility index (Phi) is 4.13. The Bertz CT molecular complexity index is 312. The third-order valence-electron chi connectivity index (χ3n) is 1.72. The predicted molar refractivity (Wildman–Crippen MR) is 53.2 cm³/mol. The number of rotatable bonds is 6. The fourth-order valence-electron chi connectivity index (χ4n) is 0.955. The molecule has 0 amide bonds. The Morgan fingerprint density at radius 1 is 1.64 bits per heavy atom. The van der Waals surface area contributed by atoms with Gasteiger partial charge >= 0.3 is 0 Å². The third kappa shape index (κ3) is 3.58. The van der Waals surface area contributed by atoms with Crippen LogP contribution >= 0.6 is 0 Å². The van der Waals surface area contributed by atoms with Crippen LogP contribution in [0, 0.1) is 0 Å². The maximum Gasteiger partial charge on any atom is 0.185 e. The van der Waals surface area contributed by atoms with Gasteiger partial charge in [-0.15, -0.1) is 6.58 Å². The van der Waals surface area contributed by atoms with E-state index in [9.17, 15) is 4.79 Å². The first-order chi connectivity index (χ1) is 6.72. The molecule has 0 spiro atoms. The Morgan fingerprint density at radius 3 is 3.00 bits per heavy atom. The van der Waals surface area contributed by atoms with Crippen LogP contribution in [0.1, 0.15) is 29.7 Å². The Hall–Kier alpha value is -1.35. The van der Waals surface area contributed by atoms with Crippen molar-refractivity contribution in [1.82, 2.24) is 0 Å². The number of carbonyl (C=O) groups excluding carboxylic acids is 1. The van der Waals surface area contributed by atoms with Gasteiger partial charge in [-0.05, 0) is 25.5 Å². The third-order valence-corrected chi connectivity index (χ3v) is 1.72. The van der Waals surface area contributed by atoms with Crippen LogP contribution in [0.25, 0.3) is 0 Å². The fraction of sp³-hybridized carbons (Fsp3) is 0.364. The van der Waals surface area contributed by atoms with Crippen molar-refractivity contribution in [2.24, 2.45) is 0 Å². The molecule has 0 saturated carbocycles. The van der Waals surface area contributed by atoms with Gasteiger partial charge in [-0.25, -0.2) is 0 Å². The molecular weight excluding hydrogens is 180 g/mol. The van der Waals surface area contributed by atoms with Gasteiger partial charge in [0.25, 0.3) is 0 Å². The first-order valence-corrected chi connectivity index (χ1v) is 4.48. The summed E-state index contributed by atoms with van der Waals surface area (Å²) >= 11 is 0. The molecule has 14 heavy (non-hydrogen) atoms. The Balaban J connectivity index is 2.24. The SMILES string of the molecule is C=C(C)CCOCc1ccc(C=O)o1. The maximum absolute atomic E-state index is 10.3. The standard InChI is InChI=1S/C11H14O3/c1-9(2)5-6-13-8-11-4-3-10(7-12)14-11/h3-4,7H,1,5-6,8H2,2H3. The van der Waals surface area contributed by atoms with Crippen molar-refractivity contribution in [1.29, 1.82) is 0 Å². The summed E-state index contributed by atoms with van der Waals surface area (Å²) in [6, 6.07) is 3.37. The normalized spacial score (nSPS) is 10.1. The van der Waals surface area contributed by atoms with E-state index in [0.717, 1.165) is 12.0 Å². The van der Waals surface area contributed by atoms with Crippen molar-refractivity contribution in [2.45, 2.75) is 20.0 Å². The largest absolute Gasteiger partial charge is 0.456 e. The van der Waals surface area contributed by atoms with Gasteiger partial charge in [0.05, 0.1) is 6.61 Å².